The molecule has 0 atom stereocenters. The van der Waals surface area contributed by atoms with Gasteiger partial charge in [0.05, 0.1) is 7.11 Å². The molecule has 0 bridgehead atoms. The summed E-state index contributed by atoms with van der Waals surface area (Å²) in [6, 6.07) is 12.8. The van der Waals surface area contributed by atoms with Crippen LogP contribution in [0.15, 0.2) is 48.7 Å². The van der Waals surface area contributed by atoms with Gasteiger partial charge in [-0.05, 0) is 61.6 Å². The number of carbonyl (C=O) groups excluding carboxylic acids is 1. The first-order chi connectivity index (χ1) is 16.6. The van der Waals surface area contributed by atoms with E-state index in [0.717, 1.165) is 35.2 Å². The van der Waals surface area contributed by atoms with Crippen LogP contribution in [0, 0.1) is 0 Å². The van der Waals surface area contributed by atoms with Gasteiger partial charge in [-0.25, -0.2) is 0 Å². The highest BCUT2D eigenvalue weighted by molar-refractivity contribution is 6.00. The van der Waals surface area contributed by atoms with Crippen molar-refractivity contribution < 1.29 is 14.3 Å². The number of nitrogens with one attached hydrogen (secondary N) is 2. The fraction of sp³-hybridized carbons (Fsp3) is 0.292. The van der Waals surface area contributed by atoms with Crippen LogP contribution < -0.4 is 20.5 Å². The van der Waals surface area contributed by atoms with Crippen molar-refractivity contribution >= 4 is 34.4 Å². The van der Waals surface area contributed by atoms with Crippen LogP contribution in [-0.2, 0) is 0 Å². The molecule has 0 saturated carbocycles. The molecule has 0 spiro atoms. The highest BCUT2D eigenvalue weighted by atomic mass is 16.5. The highest BCUT2D eigenvalue weighted by Gasteiger charge is 2.17. The Bertz CT molecular complexity index is 1310. The highest BCUT2D eigenvalue weighted by Crippen LogP contribution is 2.31. The lowest BCUT2D eigenvalue weighted by atomic mass is 10.1. The summed E-state index contributed by atoms with van der Waals surface area (Å²) < 4.78 is 12.5. The lowest BCUT2D eigenvalue weighted by molar-refractivity contribution is 0.0948. The molecule has 4 aromatic rings. The Balaban J connectivity index is 1.27. The molecule has 5 rings (SSSR count). The van der Waals surface area contributed by atoms with Gasteiger partial charge in [0, 0.05) is 35.6 Å². The monoisotopic (exact) mass is 461 g/mol. The third kappa shape index (κ3) is 4.53. The molecular formula is C24H27N7O3. The topological polar surface area (TPSA) is 123 Å². The van der Waals surface area contributed by atoms with Crippen LogP contribution in [0.3, 0.4) is 0 Å². The van der Waals surface area contributed by atoms with Gasteiger partial charge < -0.3 is 25.5 Å². The number of methoxy groups -OCH3 is 1. The Morgan fingerprint density at radius 3 is 2.82 bits per heavy atom. The van der Waals surface area contributed by atoms with Gasteiger partial charge in [0.15, 0.2) is 11.5 Å². The van der Waals surface area contributed by atoms with Gasteiger partial charge in [0.2, 0.25) is 11.9 Å². The number of ether oxygens (including phenoxy) is 2. The summed E-state index contributed by atoms with van der Waals surface area (Å²) in [5, 5.41) is 8.34. The van der Waals surface area contributed by atoms with E-state index in [1.807, 2.05) is 30.5 Å². The molecule has 1 aliphatic heterocycles. The molecule has 1 saturated heterocycles. The molecule has 4 N–H and O–H groups in total. The molecule has 3 heterocycles. The molecule has 1 fully saturated rings. The summed E-state index contributed by atoms with van der Waals surface area (Å²) in [4.78, 5) is 22.6. The number of aromatic amines is 1. The maximum Gasteiger partial charge on any atom is 0.281 e. The van der Waals surface area contributed by atoms with Gasteiger partial charge in [-0.2, -0.15) is 9.67 Å². The molecule has 2 aromatic carbocycles. The van der Waals surface area contributed by atoms with Crippen LogP contribution in [0.4, 0.5) is 17.6 Å². The van der Waals surface area contributed by atoms with Gasteiger partial charge in [0.25, 0.3) is 5.91 Å². The number of likely N-dealkylation sites (tertiary alicyclic amines) is 1. The second kappa shape index (κ2) is 9.44. The van der Waals surface area contributed by atoms with Crippen LogP contribution in [0.5, 0.6) is 11.5 Å². The van der Waals surface area contributed by atoms with Crippen molar-refractivity contribution in [3.8, 4) is 11.5 Å². The minimum Gasteiger partial charge on any atom is -0.493 e. The van der Waals surface area contributed by atoms with Crippen LogP contribution in [0.2, 0.25) is 0 Å². The van der Waals surface area contributed by atoms with Crippen LogP contribution in [0.25, 0.3) is 10.9 Å². The van der Waals surface area contributed by atoms with Gasteiger partial charge in [0.1, 0.15) is 6.61 Å². The van der Waals surface area contributed by atoms with E-state index in [1.54, 1.807) is 25.3 Å². The number of H-pyrrole nitrogens is 1. The van der Waals surface area contributed by atoms with E-state index >= 15 is 0 Å². The molecule has 10 nitrogen and oxygen atoms in total. The predicted molar refractivity (Wildman–Crippen MR) is 130 cm³/mol. The average molecular weight is 462 g/mol. The van der Waals surface area contributed by atoms with Crippen molar-refractivity contribution in [3.63, 3.8) is 0 Å². The number of nitrogens with two attached hydrogens (primary N) is 1. The van der Waals surface area contributed by atoms with E-state index in [1.165, 1.54) is 12.8 Å². The molecule has 0 radical (unpaired) electrons. The van der Waals surface area contributed by atoms with Gasteiger partial charge in [-0.15, -0.1) is 5.10 Å². The van der Waals surface area contributed by atoms with Crippen LogP contribution >= 0.6 is 0 Å². The SMILES string of the molecule is COc1cc(Nc2nc(N)n(C(=O)c3ccc4cc[nH]c4c3)n2)ccc1OCCN1CCCC1. The first-order valence-corrected chi connectivity index (χ1v) is 11.3. The van der Waals surface area contributed by atoms with Crippen molar-refractivity contribution in [1.29, 1.82) is 0 Å². The van der Waals surface area contributed by atoms with E-state index in [-0.39, 0.29) is 17.8 Å². The summed E-state index contributed by atoms with van der Waals surface area (Å²) in [6.45, 7) is 3.76. The lowest BCUT2D eigenvalue weighted by Gasteiger charge is -2.16. The van der Waals surface area contributed by atoms with Gasteiger partial charge in [-0.3, -0.25) is 9.69 Å². The third-order valence-electron chi connectivity index (χ3n) is 5.91. The summed E-state index contributed by atoms with van der Waals surface area (Å²) >= 11 is 0. The fourth-order valence-electron chi connectivity index (χ4n) is 4.11. The zero-order chi connectivity index (χ0) is 23.5. The Labute approximate surface area is 196 Å². The molecule has 1 aliphatic rings. The second-order valence-corrected chi connectivity index (χ2v) is 8.18. The Morgan fingerprint density at radius 2 is 2.00 bits per heavy atom. The zero-order valence-corrected chi connectivity index (χ0v) is 19.0. The van der Waals surface area contributed by atoms with E-state index in [0.29, 0.717) is 29.4 Å². The Hall–Kier alpha value is -4.05. The molecule has 10 heteroatoms. The molecule has 0 amide bonds. The first-order valence-electron chi connectivity index (χ1n) is 11.3. The van der Waals surface area contributed by atoms with Crippen molar-refractivity contribution in [2.24, 2.45) is 0 Å². The summed E-state index contributed by atoms with van der Waals surface area (Å²) in [6.07, 6.45) is 4.33. The average Bonchev–Trinajstić information content (AvgIpc) is 3.60. The number of nitrogen functional groups attached to an aromatic ring is 1. The van der Waals surface area contributed by atoms with Crippen LogP contribution in [0.1, 0.15) is 23.2 Å². The summed E-state index contributed by atoms with van der Waals surface area (Å²) in [7, 11) is 1.59. The van der Waals surface area contributed by atoms with Gasteiger partial charge >= 0.3 is 0 Å². The standard InChI is InChI=1S/C24H27N7O3/c1-33-21-15-18(6-7-20(21)34-13-12-30-10-2-3-11-30)27-24-28-23(25)31(29-24)22(32)17-5-4-16-8-9-26-19(16)14-17/h4-9,14-15,26H,2-3,10-13H2,1H3,(H3,25,27,28,29). The minimum atomic E-state index is -0.367. The molecule has 2 aromatic heterocycles. The maximum atomic E-state index is 12.9. The predicted octanol–water partition coefficient (Wildman–Crippen LogP) is 3.26. The minimum absolute atomic E-state index is 0.00656. The van der Waals surface area contributed by atoms with E-state index in [9.17, 15) is 4.79 Å². The molecular weight excluding hydrogens is 434 g/mol. The fourth-order valence-corrected chi connectivity index (χ4v) is 4.11. The largest absolute Gasteiger partial charge is 0.493 e. The zero-order valence-electron chi connectivity index (χ0n) is 19.0. The van der Waals surface area contributed by atoms with Crippen molar-refractivity contribution in [2.75, 3.05) is 44.4 Å². The van der Waals surface area contributed by atoms with Crippen molar-refractivity contribution in [3.05, 3.63) is 54.2 Å². The number of fused-ring (bicyclic) bond motifs is 1. The number of carbonyl (C=O) groups is 1. The lowest BCUT2D eigenvalue weighted by Crippen LogP contribution is -2.25. The molecule has 176 valence electrons. The van der Waals surface area contributed by atoms with Crippen molar-refractivity contribution in [1.82, 2.24) is 24.6 Å². The van der Waals surface area contributed by atoms with Gasteiger partial charge in [-0.1, -0.05) is 6.07 Å². The van der Waals surface area contributed by atoms with E-state index in [4.69, 9.17) is 15.2 Å². The number of anilines is 3. The maximum absolute atomic E-state index is 12.9. The first kappa shape index (κ1) is 21.8. The number of nitrogens with zero attached hydrogens (tertiary/aromatic N) is 4. The smallest absolute Gasteiger partial charge is 0.281 e. The van der Waals surface area contributed by atoms with Crippen molar-refractivity contribution in [2.45, 2.75) is 12.8 Å². The normalized spacial score (nSPS) is 13.9. The molecule has 0 aliphatic carbocycles. The van der Waals surface area contributed by atoms with Crippen LogP contribution in [-0.4, -0.2) is 63.9 Å². The summed E-state index contributed by atoms with van der Waals surface area (Å²) in [5.74, 6) is 1.09. The summed E-state index contributed by atoms with van der Waals surface area (Å²) in [5.41, 5.74) is 7.98. The molecule has 34 heavy (non-hydrogen) atoms. The third-order valence-corrected chi connectivity index (χ3v) is 5.91. The number of hydrogen-bond acceptors (Lipinski definition) is 8. The number of hydrogen-bond donors (Lipinski definition) is 3. The Morgan fingerprint density at radius 1 is 1.15 bits per heavy atom. The number of rotatable bonds is 8. The Kier molecular flexibility index (Phi) is 6.05. The van der Waals surface area contributed by atoms with E-state index < -0.39 is 0 Å². The molecule has 0 unspecified atom stereocenters. The quantitative estimate of drug-likeness (QED) is 0.365. The number of benzene rings is 2. The number of aromatic nitrogens is 4. The second-order valence-electron chi connectivity index (χ2n) is 8.18. The van der Waals surface area contributed by atoms with E-state index in [2.05, 4.69) is 25.3 Å².